The molecule has 0 atom stereocenters. The van der Waals surface area contributed by atoms with Crippen molar-refractivity contribution >= 4 is 29.0 Å². The Balaban J connectivity index is 1.88. The number of carbonyl (C=O) groups is 3. The van der Waals surface area contributed by atoms with Gasteiger partial charge in [-0.3, -0.25) is 14.4 Å². The van der Waals surface area contributed by atoms with E-state index in [1.54, 1.807) is 12.1 Å². The summed E-state index contributed by atoms with van der Waals surface area (Å²) in [5.74, 6) is -2.60. The van der Waals surface area contributed by atoms with Crippen LogP contribution in [-0.2, 0) is 4.79 Å². The summed E-state index contributed by atoms with van der Waals surface area (Å²) in [5, 5.41) is 4.92. The predicted molar refractivity (Wildman–Crippen MR) is 105 cm³/mol. The van der Waals surface area contributed by atoms with E-state index < -0.39 is 29.2 Å². The number of halogens is 2. The van der Waals surface area contributed by atoms with Gasteiger partial charge in [0, 0.05) is 23.7 Å². The quantitative estimate of drug-likeness (QED) is 0.630. The summed E-state index contributed by atoms with van der Waals surface area (Å²) >= 11 is 0. The summed E-state index contributed by atoms with van der Waals surface area (Å²) in [6, 6.07) is 14.9. The van der Waals surface area contributed by atoms with Gasteiger partial charge in [0.2, 0.25) is 5.91 Å². The lowest BCUT2D eigenvalue weighted by Gasteiger charge is -2.11. The van der Waals surface area contributed by atoms with Gasteiger partial charge in [0.25, 0.3) is 5.91 Å². The molecule has 0 aliphatic heterocycles. The Morgan fingerprint density at radius 3 is 2.10 bits per heavy atom. The molecule has 0 radical (unpaired) electrons. The number of amides is 2. The van der Waals surface area contributed by atoms with Gasteiger partial charge in [-0.2, -0.15) is 0 Å². The lowest BCUT2D eigenvalue weighted by atomic mass is 9.98. The van der Waals surface area contributed by atoms with Crippen LogP contribution in [0.25, 0.3) is 0 Å². The number of hydrogen-bond donors (Lipinski definition) is 2. The third-order valence-electron chi connectivity index (χ3n) is 4.06. The van der Waals surface area contributed by atoms with Crippen LogP contribution in [0.15, 0.2) is 66.7 Å². The van der Waals surface area contributed by atoms with Gasteiger partial charge >= 0.3 is 0 Å². The molecule has 0 aromatic heterocycles. The first kappa shape index (κ1) is 19.9. The van der Waals surface area contributed by atoms with Crippen molar-refractivity contribution in [1.29, 1.82) is 0 Å². The molecular formula is C22H16F2N2O3. The molecule has 0 saturated heterocycles. The van der Waals surface area contributed by atoms with Gasteiger partial charge in [0.15, 0.2) is 5.78 Å². The van der Waals surface area contributed by atoms with Gasteiger partial charge in [0.1, 0.15) is 11.6 Å². The highest BCUT2D eigenvalue weighted by atomic mass is 19.1. The van der Waals surface area contributed by atoms with Crippen LogP contribution >= 0.6 is 0 Å². The standard InChI is InChI=1S/C22H16F2N2O3/c1-13(27)25-20-12-16(10-11-19(20)24)26-22(29)18-5-3-2-4-17(18)21(28)14-6-8-15(23)9-7-14/h2-12H,1H3,(H,25,27)(H,26,29). The van der Waals surface area contributed by atoms with E-state index in [2.05, 4.69) is 10.6 Å². The summed E-state index contributed by atoms with van der Waals surface area (Å²) < 4.78 is 26.9. The smallest absolute Gasteiger partial charge is 0.256 e. The Morgan fingerprint density at radius 1 is 0.793 bits per heavy atom. The van der Waals surface area contributed by atoms with Gasteiger partial charge < -0.3 is 10.6 Å². The third-order valence-corrected chi connectivity index (χ3v) is 4.06. The Labute approximate surface area is 165 Å². The Morgan fingerprint density at radius 2 is 1.45 bits per heavy atom. The molecule has 7 heteroatoms. The normalized spacial score (nSPS) is 10.3. The van der Waals surface area contributed by atoms with Crippen LogP contribution in [0.1, 0.15) is 33.2 Å². The fourth-order valence-corrected chi connectivity index (χ4v) is 2.72. The molecule has 0 saturated carbocycles. The summed E-state index contributed by atoms with van der Waals surface area (Å²) in [6.45, 7) is 1.24. The molecule has 0 spiro atoms. The van der Waals surface area contributed by atoms with Crippen molar-refractivity contribution in [2.24, 2.45) is 0 Å². The molecule has 146 valence electrons. The monoisotopic (exact) mass is 394 g/mol. The molecule has 0 fully saturated rings. The molecule has 3 aromatic carbocycles. The SMILES string of the molecule is CC(=O)Nc1cc(NC(=O)c2ccccc2C(=O)c2ccc(F)cc2)ccc1F. The molecule has 3 aromatic rings. The first-order valence-corrected chi connectivity index (χ1v) is 8.63. The van der Waals surface area contributed by atoms with Gasteiger partial charge in [-0.1, -0.05) is 18.2 Å². The molecule has 3 rings (SSSR count). The number of carbonyl (C=O) groups excluding carboxylic acids is 3. The number of hydrogen-bond acceptors (Lipinski definition) is 3. The minimum absolute atomic E-state index is 0.0778. The van der Waals surface area contributed by atoms with Gasteiger partial charge in [-0.25, -0.2) is 8.78 Å². The first-order valence-electron chi connectivity index (χ1n) is 8.63. The molecule has 29 heavy (non-hydrogen) atoms. The van der Waals surface area contributed by atoms with Crippen LogP contribution in [0, 0.1) is 11.6 Å². The topological polar surface area (TPSA) is 75.3 Å². The van der Waals surface area contributed by atoms with Crippen LogP contribution in [0.5, 0.6) is 0 Å². The molecule has 0 heterocycles. The summed E-state index contributed by atoms with van der Waals surface area (Å²) in [4.78, 5) is 36.7. The molecular weight excluding hydrogens is 378 g/mol. The second-order valence-corrected chi connectivity index (χ2v) is 6.21. The predicted octanol–water partition coefficient (Wildman–Crippen LogP) is 4.41. The second-order valence-electron chi connectivity index (χ2n) is 6.21. The van der Waals surface area contributed by atoms with Crippen molar-refractivity contribution in [2.45, 2.75) is 6.92 Å². The summed E-state index contributed by atoms with van der Waals surface area (Å²) in [7, 11) is 0. The van der Waals surface area contributed by atoms with E-state index in [4.69, 9.17) is 0 Å². The van der Waals surface area contributed by atoms with E-state index in [-0.39, 0.29) is 28.1 Å². The number of nitrogens with one attached hydrogen (secondary N) is 2. The molecule has 0 aliphatic rings. The largest absolute Gasteiger partial charge is 0.324 e. The van der Waals surface area contributed by atoms with Crippen molar-refractivity contribution in [3.8, 4) is 0 Å². The Bertz CT molecular complexity index is 1100. The van der Waals surface area contributed by atoms with Crippen LogP contribution in [0.3, 0.4) is 0 Å². The van der Waals surface area contributed by atoms with Crippen LogP contribution in [0.4, 0.5) is 20.2 Å². The van der Waals surface area contributed by atoms with Crippen LogP contribution < -0.4 is 10.6 Å². The highest BCUT2D eigenvalue weighted by Gasteiger charge is 2.18. The van der Waals surface area contributed by atoms with E-state index in [1.807, 2.05) is 0 Å². The summed E-state index contributed by atoms with van der Waals surface area (Å²) in [6.07, 6.45) is 0. The van der Waals surface area contributed by atoms with Crippen molar-refractivity contribution in [3.05, 3.63) is 95.1 Å². The fraction of sp³-hybridized carbons (Fsp3) is 0.0455. The zero-order valence-corrected chi connectivity index (χ0v) is 15.3. The van der Waals surface area contributed by atoms with Gasteiger partial charge in [-0.15, -0.1) is 0 Å². The lowest BCUT2D eigenvalue weighted by molar-refractivity contribution is -0.114. The molecule has 2 N–H and O–H groups in total. The van der Waals surface area contributed by atoms with Gasteiger partial charge in [-0.05, 0) is 48.5 Å². The van der Waals surface area contributed by atoms with Crippen molar-refractivity contribution < 1.29 is 23.2 Å². The zero-order valence-electron chi connectivity index (χ0n) is 15.3. The zero-order chi connectivity index (χ0) is 21.0. The number of benzene rings is 3. The molecule has 0 aliphatic carbocycles. The van der Waals surface area contributed by atoms with Crippen molar-refractivity contribution in [1.82, 2.24) is 0 Å². The van der Waals surface area contributed by atoms with E-state index in [9.17, 15) is 23.2 Å². The maximum absolute atomic E-state index is 13.8. The highest BCUT2D eigenvalue weighted by molar-refractivity contribution is 6.17. The molecule has 0 unspecified atom stereocenters. The highest BCUT2D eigenvalue weighted by Crippen LogP contribution is 2.22. The van der Waals surface area contributed by atoms with E-state index >= 15 is 0 Å². The maximum atomic E-state index is 13.8. The molecule has 2 amide bonds. The van der Waals surface area contributed by atoms with E-state index in [0.717, 1.165) is 18.2 Å². The van der Waals surface area contributed by atoms with Crippen LogP contribution in [-0.4, -0.2) is 17.6 Å². The third kappa shape index (κ3) is 4.70. The lowest BCUT2D eigenvalue weighted by Crippen LogP contribution is -2.17. The number of rotatable bonds is 5. The molecule has 5 nitrogen and oxygen atoms in total. The van der Waals surface area contributed by atoms with Gasteiger partial charge in [0.05, 0.1) is 11.3 Å². The second kappa shape index (κ2) is 8.43. The number of ketones is 1. The van der Waals surface area contributed by atoms with E-state index in [1.165, 1.54) is 43.3 Å². The molecule has 0 bridgehead atoms. The number of anilines is 2. The van der Waals surface area contributed by atoms with E-state index in [0.29, 0.717) is 0 Å². The maximum Gasteiger partial charge on any atom is 0.256 e. The fourth-order valence-electron chi connectivity index (χ4n) is 2.72. The van der Waals surface area contributed by atoms with Crippen molar-refractivity contribution in [2.75, 3.05) is 10.6 Å². The Kier molecular flexibility index (Phi) is 5.78. The Hall–Kier alpha value is -3.87. The first-order chi connectivity index (χ1) is 13.8. The minimum atomic E-state index is -0.648. The minimum Gasteiger partial charge on any atom is -0.324 e. The average Bonchev–Trinajstić information content (AvgIpc) is 2.70. The average molecular weight is 394 g/mol. The summed E-state index contributed by atoms with van der Waals surface area (Å²) in [5.41, 5.74) is 0.643. The van der Waals surface area contributed by atoms with Crippen molar-refractivity contribution in [3.63, 3.8) is 0 Å². The van der Waals surface area contributed by atoms with Crippen LogP contribution in [0.2, 0.25) is 0 Å².